The quantitative estimate of drug-likeness (QED) is 0.770. The SMILES string of the molecule is O=C(Nc1ccc(F)c(Cl)c1)[C@H]1Nc2ccccc2S(=O)(=O)N1. The topological polar surface area (TPSA) is 87.3 Å². The van der Waals surface area contributed by atoms with Crippen LogP contribution in [0, 0.1) is 5.82 Å². The van der Waals surface area contributed by atoms with E-state index >= 15 is 0 Å². The molecule has 0 spiro atoms. The number of hydrogen-bond acceptors (Lipinski definition) is 4. The van der Waals surface area contributed by atoms with Crippen LogP contribution in [0.2, 0.25) is 5.02 Å². The van der Waals surface area contributed by atoms with Crippen LogP contribution in [-0.2, 0) is 14.8 Å². The van der Waals surface area contributed by atoms with Crippen LogP contribution in [0.3, 0.4) is 0 Å². The van der Waals surface area contributed by atoms with E-state index in [1.807, 2.05) is 0 Å². The predicted molar refractivity (Wildman–Crippen MR) is 84.2 cm³/mol. The fourth-order valence-corrected chi connectivity index (χ4v) is 3.59. The van der Waals surface area contributed by atoms with E-state index in [1.165, 1.54) is 18.2 Å². The zero-order chi connectivity index (χ0) is 16.6. The molecule has 1 amide bonds. The van der Waals surface area contributed by atoms with Crippen LogP contribution in [-0.4, -0.2) is 20.5 Å². The summed E-state index contributed by atoms with van der Waals surface area (Å²) in [7, 11) is -3.80. The Hall–Kier alpha value is -2.16. The molecule has 0 fully saturated rings. The minimum atomic E-state index is -3.80. The molecule has 120 valence electrons. The second-order valence-electron chi connectivity index (χ2n) is 4.81. The molecule has 2 aromatic rings. The van der Waals surface area contributed by atoms with Crippen molar-refractivity contribution < 1.29 is 17.6 Å². The van der Waals surface area contributed by atoms with Crippen LogP contribution in [0.25, 0.3) is 0 Å². The molecular weight excluding hydrogens is 345 g/mol. The van der Waals surface area contributed by atoms with Gasteiger partial charge in [-0.2, -0.15) is 4.72 Å². The minimum absolute atomic E-state index is 0.0638. The maximum absolute atomic E-state index is 13.1. The van der Waals surface area contributed by atoms with Crippen LogP contribution in [0.4, 0.5) is 15.8 Å². The number of rotatable bonds is 2. The summed E-state index contributed by atoms with van der Waals surface area (Å²) in [5.41, 5.74) is 0.574. The molecule has 0 saturated heterocycles. The Bertz CT molecular complexity index is 889. The number of hydrogen-bond donors (Lipinski definition) is 3. The Labute approximate surface area is 136 Å². The molecule has 2 aromatic carbocycles. The van der Waals surface area contributed by atoms with Gasteiger partial charge in [-0.05, 0) is 30.3 Å². The fraction of sp³-hybridized carbons (Fsp3) is 0.0714. The first-order chi connectivity index (χ1) is 10.9. The molecule has 3 rings (SSSR count). The standard InChI is InChI=1S/C14H11ClFN3O3S/c15-9-7-8(5-6-10(9)16)17-14(20)13-18-11-3-1-2-4-12(11)23(21,22)19-13/h1-7,13,18-19H,(H,17,20)/t13-/m0/s1. The van der Waals surface area contributed by atoms with Gasteiger partial charge in [-0.15, -0.1) is 0 Å². The molecule has 6 nitrogen and oxygen atoms in total. The lowest BCUT2D eigenvalue weighted by Crippen LogP contribution is -2.51. The zero-order valence-electron chi connectivity index (χ0n) is 11.5. The highest BCUT2D eigenvalue weighted by Gasteiger charge is 2.32. The molecule has 1 aliphatic rings. The van der Waals surface area contributed by atoms with Crippen molar-refractivity contribution in [2.45, 2.75) is 11.1 Å². The van der Waals surface area contributed by atoms with Gasteiger partial charge in [0.1, 0.15) is 10.7 Å². The van der Waals surface area contributed by atoms with Gasteiger partial charge >= 0.3 is 0 Å². The van der Waals surface area contributed by atoms with E-state index in [2.05, 4.69) is 15.4 Å². The summed E-state index contributed by atoms with van der Waals surface area (Å²) in [4.78, 5) is 12.3. The zero-order valence-corrected chi connectivity index (χ0v) is 13.1. The predicted octanol–water partition coefficient (Wildman–Crippen LogP) is 2.15. The number of sulfonamides is 1. The molecule has 1 atom stereocenters. The van der Waals surface area contributed by atoms with Gasteiger partial charge in [0, 0.05) is 5.69 Å². The third-order valence-corrected chi connectivity index (χ3v) is 4.97. The van der Waals surface area contributed by atoms with Gasteiger partial charge in [0.15, 0.2) is 6.17 Å². The molecule has 0 unspecified atom stereocenters. The normalized spacial score (nSPS) is 18.6. The number of carbonyl (C=O) groups excluding carboxylic acids is 1. The van der Waals surface area contributed by atoms with Crippen LogP contribution in [0.1, 0.15) is 0 Å². The fourth-order valence-electron chi connectivity index (χ4n) is 2.13. The van der Waals surface area contributed by atoms with E-state index < -0.39 is 27.9 Å². The van der Waals surface area contributed by atoms with Crippen LogP contribution in [0.5, 0.6) is 0 Å². The summed E-state index contributed by atoms with van der Waals surface area (Å²) in [6.45, 7) is 0. The first-order valence-corrected chi connectivity index (χ1v) is 8.37. The average molecular weight is 356 g/mol. The molecule has 1 aliphatic heterocycles. The molecule has 9 heteroatoms. The Kier molecular flexibility index (Phi) is 3.97. The largest absolute Gasteiger partial charge is 0.360 e. The number of halogens is 2. The molecule has 0 bridgehead atoms. The van der Waals surface area contributed by atoms with E-state index in [-0.39, 0.29) is 15.6 Å². The van der Waals surface area contributed by atoms with Crippen molar-refractivity contribution in [2.24, 2.45) is 0 Å². The number of carbonyl (C=O) groups is 1. The molecule has 0 aliphatic carbocycles. The van der Waals surface area contributed by atoms with Crippen LogP contribution >= 0.6 is 11.6 Å². The van der Waals surface area contributed by atoms with Crippen molar-refractivity contribution in [1.29, 1.82) is 0 Å². The monoisotopic (exact) mass is 355 g/mol. The highest BCUT2D eigenvalue weighted by molar-refractivity contribution is 7.89. The number of benzene rings is 2. The molecule has 23 heavy (non-hydrogen) atoms. The number of fused-ring (bicyclic) bond motifs is 1. The van der Waals surface area contributed by atoms with E-state index in [1.54, 1.807) is 18.2 Å². The first kappa shape index (κ1) is 15.7. The highest BCUT2D eigenvalue weighted by atomic mass is 35.5. The van der Waals surface area contributed by atoms with Crippen molar-refractivity contribution in [2.75, 3.05) is 10.6 Å². The molecule has 1 heterocycles. The lowest BCUT2D eigenvalue weighted by molar-refractivity contribution is -0.117. The van der Waals surface area contributed by atoms with Crippen LogP contribution < -0.4 is 15.4 Å². The van der Waals surface area contributed by atoms with Gasteiger partial charge in [-0.3, -0.25) is 4.79 Å². The van der Waals surface area contributed by atoms with Gasteiger partial charge in [0.25, 0.3) is 5.91 Å². The van der Waals surface area contributed by atoms with E-state index in [9.17, 15) is 17.6 Å². The Morgan fingerprint density at radius 3 is 2.70 bits per heavy atom. The minimum Gasteiger partial charge on any atom is -0.360 e. The molecule has 3 N–H and O–H groups in total. The summed E-state index contributed by atoms with van der Waals surface area (Å²) in [6.07, 6.45) is -1.20. The molecule has 0 radical (unpaired) electrons. The third-order valence-electron chi connectivity index (χ3n) is 3.20. The smallest absolute Gasteiger partial charge is 0.262 e. The van der Waals surface area contributed by atoms with Crippen molar-refractivity contribution in [3.8, 4) is 0 Å². The Morgan fingerprint density at radius 1 is 1.22 bits per heavy atom. The van der Waals surface area contributed by atoms with Gasteiger partial charge in [0.2, 0.25) is 10.0 Å². The van der Waals surface area contributed by atoms with Crippen molar-refractivity contribution in [3.05, 3.63) is 53.3 Å². The highest BCUT2D eigenvalue weighted by Crippen LogP contribution is 2.26. The summed E-state index contributed by atoms with van der Waals surface area (Å²) in [5.74, 6) is -1.26. The van der Waals surface area contributed by atoms with Crippen molar-refractivity contribution >= 4 is 38.9 Å². The van der Waals surface area contributed by atoms with Gasteiger partial charge in [-0.1, -0.05) is 23.7 Å². The summed E-state index contributed by atoms with van der Waals surface area (Å²) in [6, 6.07) is 9.89. The second-order valence-corrected chi connectivity index (χ2v) is 6.90. The maximum atomic E-state index is 13.1. The number of para-hydroxylation sites is 1. The summed E-state index contributed by atoms with van der Waals surface area (Å²) >= 11 is 5.64. The summed E-state index contributed by atoms with van der Waals surface area (Å²) < 4.78 is 39.6. The Balaban J connectivity index is 1.83. The summed E-state index contributed by atoms with van der Waals surface area (Å²) in [5, 5.41) is 5.11. The van der Waals surface area contributed by atoms with E-state index in [0.29, 0.717) is 5.69 Å². The van der Waals surface area contributed by atoms with Crippen LogP contribution in [0.15, 0.2) is 47.4 Å². The Morgan fingerprint density at radius 2 is 1.96 bits per heavy atom. The lowest BCUT2D eigenvalue weighted by atomic mass is 10.3. The van der Waals surface area contributed by atoms with E-state index in [0.717, 1.165) is 6.07 Å². The van der Waals surface area contributed by atoms with Crippen molar-refractivity contribution in [1.82, 2.24) is 4.72 Å². The number of nitrogens with one attached hydrogen (secondary N) is 3. The maximum Gasteiger partial charge on any atom is 0.262 e. The average Bonchev–Trinajstić information content (AvgIpc) is 2.50. The number of anilines is 2. The van der Waals surface area contributed by atoms with Gasteiger partial charge in [-0.25, -0.2) is 12.8 Å². The molecule has 0 aromatic heterocycles. The van der Waals surface area contributed by atoms with Crippen molar-refractivity contribution in [3.63, 3.8) is 0 Å². The third kappa shape index (κ3) is 3.14. The van der Waals surface area contributed by atoms with E-state index in [4.69, 9.17) is 11.6 Å². The van der Waals surface area contributed by atoms with Gasteiger partial charge in [0.05, 0.1) is 10.7 Å². The molecular formula is C14H11ClFN3O3S. The number of amides is 1. The lowest BCUT2D eigenvalue weighted by Gasteiger charge is -2.27. The second kappa shape index (κ2) is 5.80. The van der Waals surface area contributed by atoms with Gasteiger partial charge < -0.3 is 10.6 Å². The molecule has 0 saturated carbocycles. The first-order valence-electron chi connectivity index (χ1n) is 6.51.